The van der Waals surface area contributed by atoms with Crippen LogP contribution in [0.5, 0.6) is 5.75 Å². The number of hydrogen-bond acceptors (Lipinski definition) is 2. The van der Waals surface area contributed by atoms with E-state index in [9.17, 15) is 4.79 Å². The van der Waals surface area contributed by atoms with Crippen molar-refractivity contribution >= 4 is 6.03 Å². The molecular weight excluding hydrogens is 240 g/mol. The Morgan fingerprint density at radius 3 is 2.53 bits per heavy atom. The van der Waals surface area contributed by atoms with Gasteiger partial charge in [-0.2, -0.15) is 0 Å². The molecule has 1 atom stereocenters. The Bertz CT molecular complexity index is 485. The summed E-state index contributed by atoms with van der Waals surface area (Å²) in [5.41, 5.74) is 2.26. The van der Waals surface area contributed by atoms with E-state index in [1.54, 1.807) is 7.11 Å². The van der Waals surface area contributed by atoms with Gasteiger partial charge in [-0.25, -0.2) is 4.79 Å². The fraction of sp³-hybridized carbons (Fsp3) is 0.533. The molecule has 2 rings (SSSR count). The summed E-state index contributed by atoms with van der Waals surface area (Å²) >= 11 is 0. The van der Waals surface area contributed by atoms with Crippen molar-refractivity contribution in [1.29, 1.82) is 0 Å². The Hall–Kier alpha value is -1.71. The maximum atomic E-state index is 12.2. The minimum Gasteiger partial charge on any atom is -0.496 e. The molecular formula is C15H22N2O2. The van der Waals surface area contributed by atoms with Crippen LogP contribution in [0.4, 0.5) is 4.79 Å². The molecule has 0 aliphatic carbocycles. The van der Waals surface area contributed by atoms with Gasteiger partial charge >= 0.3 is 6.03 Å². The third-order valence-electron chi connectivity index (χ3n) is 3.81. The number of aryl methyl sites for hydroxylation is 1. The van der Waals surface area contributed by atoms with E-state index in [0.717, 1.165) is 23.4 Å². The molecule has 0 saturated carbocycles. The minimum atomic E-state index is 0.105. The van der Waals surface area contributed by atoms with Crippen molar-refractivity contribution in [3.05, 3.63) is 29.3 Å². The van der Waals surface area contributed by atoms with Gasteiger partial charge < -0.3 is 14.5 Å². The lowest BCUT2D eigenvalue weighted by Crippen LogP contribution is -2.34. The monoisotopic (exact) mass is 262 g/mol. The highest BCUT2D eigenvalue weighted by molar-refractivity contribution is 5.77. The topological polar surface area (TPSA) is 32.8 Å². The third-order valence-corrected chi connectivity index (χ3v) is 3.81. The predicted octanol–water partition coefficient (Wildman–Crippen LogP) is 2.82. The van der Waals surface area contributed by atoms with Crippen molar-refractivity contribution in [2.75, 3.05) is 20.7 Å². The molecule has 0 bridgehead atoms. The lowest BCUT2D eigenvalue weighted by Gasteiger charge is -2.19. The van der Waals surface area contributed by atoms with Crippen molar-refractivity contribution in [2.24, 2.45) is 0 Å². The SMILES string of the molecule is COc1ccc(C2CN(C(C)C)C(=O)N2C)cc1C. The highest BCUT2D eigenvalue weighted by Gasteiger charge is 2.36. The van der Waals surface area contributed by atoms with Crippen LogP contribution in [0.25, 0.3) is 0 Å². The second-order valence-electron chi connectivity index (χ2n) is 5.38. The molecule has 1 heterocycles. The average molecular weight is 262 g/mol. The van der Waals surface area contributed by atoms with E-state index in [1.807, 2.05) is 49.8 Å². The van der Waals surface area contributed by atoms with E-state index in [1.165, 1.54) is 0 Å². The zero-order valence-electron chi connectivity index (χ0n) is 12.3. The van der Waals surface area contributed by atoms with Crippen molar-refractivity contribution in [3.63, 3.8) is 0 Å². The number of hydrogen-bond donors (Lipinski definition) is 0. The van der Waals surface area contributed by atoms with Gasteiger partial charge in [0.25, 0.3) is 0 Å². The Morgan fingerprint density at radius 2 is 2.05 bits per heavy atom. The Kier molecular flexibility index (Phi) is 3.69. The molecule has 0 spiro atoms. The van der Waals surface area contributed by atoms with Gasteiger partial charge in [0.1, 0.15) is 5.75 Å². The quantitative estimate of drug-likeness (QED) is 0.839. The second kappa shape index (κ2) is 5.11. The number of ether oxygens (including phenoxy) is 1. The summed E-state index contributed by atoms with van der Waals surface area (Å²) in [5.74, 6) is 0.886. The number of carbonyl (C=O) groups excluding carboxylic acids is 1. The third kappa shape index (κ3) is 2.39. The van der Waals surface area contributed by atoms with E-state index >= 15 is 0 Å². The zero-order chi connectivity index (χ0) is 14.2. The number of carbonyl (C=O) groups is 1. The summed E-state index contributed by atoms with van der Waals surface area (Å²) in [4.78, 5) is 15.9. The molecule has 104 valence electrons. The number of rotatable bonds is 3. The zero-order valence-corrected chi connectivity index (χ0v) is 12.3. The molecule has 4 nitrogen and oxygen atoms in total. The van der Waals surface area contributed by atoms with Gasteiger partial charge in [0, 0.05) is 19.6 Å². The molecule has 1 fully saturated rings. The van der Waals surface area contributed by atoms with Crippen LogP contribution >= 0.6 is 0 Å². The van der Waals surface area contributed by atoms with Crippen LogP contribution in [0.1, 0.15) is 31.0 Å². The molecule has 1 unspecified atom stereocenters. The fourth-order valence-electron chi connectivity index (χ4n) is 2.59. The molecule has 19 heavy (non-hydrogen) atoms. The highest BCUT2D eigenvalue weighted by atomic mass is 16.5. The summed E-state index contributed by atoms with van der Waals surface area (Å²) in [5, 5.41) is 0. The molecule has 1 aromatic rings. The van der Waals surface area contributed by atoms with E-state index in [-0.39, 0.29) is 18.1 Å². The van der Waals surface area contributed by atoms with Crippen LogP contribution in [-0.4, -0.2) is 42.6 Å². The predicted molar refractivity (Wildman–Crippen MR) is 75.5 cm³/mol. The van der Waals surface area contributed by atoms with E-state index in [4.69, 9.17) is 4.74 Å². The molecule has 2 amide bonds. The van der Waals surface area contributed by atoms with Crippen LogP contribution in [0.2, 0.25) is 0 Å². The van der Waals surface area contributed by atoms with Gasteiger partial charge in [0.15, 0.2) is 0 Å². The lowest BCUT2D eigenvalue weighted by molar-refractivity contribution is 0.187. The van der Waals surface area contributed by atoms with Gasteiger partial charge in [0.2, 0.25) is 0 Å². The molecule has 0 aromatic heterocycles. The first-order valence-corrected chi connectivity index (χ1v) is 6.63. The van der Waals surface area contributed by atoms with Gasteiger partial charge in [-0.3, -0.25) is 0 Å². The van der Waals surface area contributed by atoms with E-state index in [2.05, 4.69) is 6.07 Å². The van der Waals surface area contributed by atoms with Crippen LogP contribution in [0, 0.1) is 6.92 Å². The van der Waals surface area contributed by atoms with Gasteiger partial charge in [-0.15, -0.1) is 0 Å². The van der Waals surface area contributed by atoms with Gasteiger partial charge in [0.05, 0.1) is 13.2 Å². The molecule has 1 aliphatic rings. The number of urea groups is 1. The van der Waals surface area contributed by atoms with E-state index in [0.29, 0.717) is 0 Å². The molecule has 1 aromatic carbocycles. The van der Waals surface area contributed by atoms with Crippen molar-refractivity contribution in [2.45, 2.75) is 32.9 Å². The van der Waals surface area contributed by atoms with Crippen LogP contribution in [0.3, 0.4) is 0 Å². The number of methoxy groups -OCH3 is 1. The summed E-state index contributed by atoms with van der Waals surface area (Å²) in [7, 11) is 3.54. The largest absolute Gasteiger partial charge is 0.496 e. The second-order valence-corrected chi connectivity index (χ2v) is 5.38. The van der Waals surface area contributed by atoms with Crippen molar-refractivity contribution in [1.82, 2.24) is 9.80 Å². The van der Waals surface area contributed by atoms with Crippen LogP contribution < -0.4 is 4.74 Å². The fourth-order valence-corrected chi connectivity index (χ4v) is 2.59. The molecule has 0 N–H and O–H groups in total. The maximum Gasteiger partial charge on any atom is 0.320 e. The Balaban J connectivity index is 2.28. The minimum absolute atomic E-state index is 0.105. The molecule has 1 aliphatic heterocycles. The summed E-state index contributed by atoms with van der Waals surface area (Å²) in [6.45, 7) is 6.87. The maximum absolute atomic E-state index is 12.2. The Labute approximate surface area is 115 Å². The average Bonchev–Trinajstić information content (AvgIpc) is 2.66. The normalized spacial score (nSPS) is 19.5. The summed E-state index contributed by atoms with van der Waals surface area (Å²) in [6, 6.07) is 6.59. The van der Waals surface area contributed by atoms with Gasteiger partial charge in [-0.05, 0) is 38.0 Å². The first-order valence-electron chi connectivity index (χ1n) is 6.63. The number of benzene rings is 1. The van der Waals surface area contributed by atoms with Crippen molar-refractivity contribution < 1.29 is 9.53 Å². The first-order chi connectivity index (χ1) is 8.95. The number of amides is 2. The van der Waals surface area contributed by atoms with Crippen molar-refractivity contribution in [3.8, 4) is 5.75 Å². The summed E-state index contributed by atoms with van der Waals surface area (Å²) < 4.78 is 5.28. The number of nitrogens with zero attached hydrogens (tertiary/aromatic N) is 2. The molecule has 4 heteroatoms. The van der Waals surface area contributed by atoms with Crippen LogP contribution in [-0.2, 0) is 0 Å². The van der Waals surface area contributed by atoms with Gasteiger partial charge in [-0.1, -0.05) is 12.1 Å². The van der Waals surface area contributed by atoms with Crippen LogP contribution in [0.15, 0.2) is 18.2 Å². The molecule has 1 saturated heterocycles. The van der Waals surface area contributed by atoms with E-state index < -0.39 is 0 Å². The lowest BCUT2D eigenvalue weighted by atomic mass is 10.0. The number of likely N-dealkylation sites (N-methyl/N-ethyl adjacent to an activating group) is 1. The standard InChI is InChI=1S/C15H22N2O2/c1-10(2)17-9-13(16(4)15(17)18)12-6-7-14(19-5)11(3)8-12/h6-8,10,13H,9H2,1-5H3. The summed E-state index contributed by atoms with van der Waals surface area (Å²) in [6.07, 6.45) is 0. The Morgan fingerprint density at radius 1 is 1.37 bits per heavy atom. The highest BCUT2D eigenvalue weighted by Crippen LogP contribution is 2.31. The smallest absolute Gasteiger partial charge is 0.320 e. The molecule has 0 radical (unpaired) electrons. The first kappa shape index (κ1) is 13.7.